The Bertz CT molecular complexity index is 89.6. The van der Waals surface area contributed by atoms with E-state index in [0.717, 1.165) is 25.4 Å². The number of aliphatic hydroxyl groups excluding tert-OH is 1. The molecule has 66 valence electrons. The van der Waals surface area contributed by atoms with Gasteiger partial charge in [-0.3, -0.25) is 0 Å². The SMILES string of the molecule is OCCCCNC1CCCC1. The van der Waals surface area contributed by atoms with E-state index in [-0.39, 0.29) is 0 Å². The fraction of sp³-hybridized carbons (Fsp3) is 1.00. The van der Waals surface area contributed by atoms with Crippen LogP contribution in [0.25, 0.3) is 0 Å². The molecular weight excluding hydrogens is 138 g/mol. The molecule has 2 nitrogen and oxygen atoms in total. The third-order valence-electron chi connectivity index (χ3n) is 2.37. The predicted octanol–water partition coefficient (Wildman–Crippen LogP) is 1.29. The first-order valence-corrected chi connectivity index (χ1v) is 4.77. The summed E-state index contributed by atoms with van der Waals surface area (Å²) in [5, 5.41) is 12.0. The summed E-state index contributed by atoms with van der Waals surface area (Å²) in [5.74, 6) is 0. The first kappa shape index (κ1) is 9.01. The van der Waals surface area contributed by atoms with E-state index in [0.29, 0.717) is 6.61 Å². The first-order chi connectivity index (χ1) is 5.43. The van der Waals surface area contributed by atoms with E-state index < -0.39 is 0 Å². The van der Waals surface area contributed by atoms with Crippen molar-refractivity contribution >= 4 is 0 Å². The second-order valence-corrected chi connectivity index (χ2v) is 3.37. The topological polar surface area (TPSA) is 32.3 Å². The van der Waals surface area contributed by atoms with E-state index >= 15 is 0 Å². The summed E-state index contributed by atoms with van der Waals surface area (Å²) in [4.78, 5) is 0. The van der Waals surface area contributed by atoms with Gasteiger partial charge in [0.1, 0.15) is 0 Å². The van der Waals surface area contributed by atoms with E-state index in [2.05, 4.69) is 5.32 Å². The number of aliphatic hydroxyl groups is 1. The van der Waals surface area contributed by atoms with Crippen LogP contribution in [0.4, 0.5) is 0 Å². The van der Waals surface area contributed by atoms with Crippen LogP contribution in [0.2, 0.25) is 0 Å². The molecule has 0 radical (unpaired) electrons. The highest BCUT2D eigenvalue weighted by molar-refractivity contribution is 4.72. The van der Waals surface area contributed by atoms with Gasteiger partial charge in [0.05, 0.1) is 0 Å². The Labute approximate surface area is 69.0 Å². The standard InChI is InChI=1S/C9H19NO/c11-8-4-3-7-10-9-5-1-2-6-9/h9-11H,1-8H2. The Hall–Kier alpha value is -0.0800. The Balaban J connectivity index is 1.86. The molecule has 0 unspecified atom stereocenters. The van der Waals surface area contributed by atoms with Gasteiger partial charge < -0.3 is 10.4 Å². The van der Waals surface area contributed by atoms with Gasteiger partial charge in [0.2, 0.25) is 0 Å². The van der Waals surface area contributed by atoms with E-state index in [1.807, 2.05) is 0 Å². The Morgan fingerprint density at radius 2 is 1.91 bits per heavy atom. The van der Waals surface area contributed by atoms with Crippen LogP contribution in [-0.2, 0) is 0 Å². The van der Waals surface area contributed by atoms with Crippen molar-refractivity contribution in [3.8, 4) is 0 Å². The summed E-state index contributed by atoms with van der Waals surface area (Å²) in [7, 11) is 0. The second-order valence-electron chi connectivity index (χ2n) is 3.37. The molecule has 0 bridgehead atoms. The lowest BCUT2D eigenvalue weighted by Crippen LogP contribution is -2.26. The third-order valence-corrected chi connectivity index (χ3v) is 2.37. The fourth-order valence-electron chi connectivity index (χ4n) is 1.67. The zero-order chi connectivity index (χ0) is 7.94. The number of unbranched alkanes of at least 4 members (excludes halogenated alkanes) is 1. The van der Waals surface area contributed by atoms with Crippen molar-refractivity contribution < 1.29 is 5.11 Å². The van der Waals surface area contributed by atoms with Gasteiger partial charge in [0.15, 0.2) is 0 Å². The summed E-state index contributed by atoms with van der Waals surface area (Å²) >= 11 is 0. The number of hydrogen-bond donors (Lipinski definition) is 2. The second kappa shape index (κ2) is 5.56. The van der Waals surface area contributed by atoms with Gasteiger partial charge in [-0.1, -0.05) is 12.8 Å². The molecule has 0 spiro atoms. The van der Waals surface area contributed by atoms with Crippen molar-refractivity contribution in [3.63, 3.8) is 0 Å². The molecule has 1 aliphatic carbocycles. The molecular formula is C9H19NO. The smallest absolute Gasteiger partial charge is 0.0431 e. The summed E-state index contributed by atoms with van der Waals surface area (Å²) in [6.45, 7) is 1.43. The Kier molecular flexibility index (Phi) is 4.55. The van der Waals surface area contributed by atoms with Gasteiger partial charge in [0, 0.05) is 12.6 Å². The Morgan fingerprint density at radius 1 is 1.18 bits per heavy atom. The molecule has 0 heterocycles. The highest BCUT2D eigenvalue weighted by Gasteiger charge is 2.12. The lowest BCUT2D eigenvalue weighted by molar-refractivity contribution is 0.282. The van der Waals surface area contributed by atoms with Crippen LogP contribution in [0, 0.1) is 0 Å². The largest absolute Gasteiger partial charge is 0.396 e. The molecule has 1 saturated carbocycles. The van der Waals surface area contributed by atoms with Crippen molar-refractivity contribution in [3.05, 3.63) is 0 Å². The molecule has 0 saturated heterocycles. The summed E-state index contributed by atoms with van der Waals surface area (Å²) in [5.41, 5.74) is 0. The minimum Gasteiger partial charge on any atom is -0.396 e. The molecule has 11 heavy (non-hydrogen) atoms. The minimum absolute atomic E-state index is 0.340. The van der Waals surface area contributed by atoms with Crippen molar-refractivity contribution in [1.82, 2.24) is 5.32 Å². The van der Waals surface area contributed by atoms with E-state index in [1.165, 1.54) is 25.7 Å². The van der Waals surface area contributed by atoms with E-state index in [1.54, 1.807) is 0 Å². The average Bonchev–Trinajstić information content (AvgIpc) is 2.50. The van der Waals surface area contributed by atoms with Crippen LogP contribution in [0.3, 0.4) is 0 Å². The van der Waals surface area contributed by atoms with E-state index in [4.69, 9.17) is 5.11 Å². The maximum Gasteiger partial charge on any atom is 0.0431 e. The van der Waals surface area contributed by atoms with Gasteiger partial charge in [-0.05, 0) is 32.2 Å². The molecule has 0 aromatic heterocycles. The highest BCUT2D eigenvalue weighted by Crippen LogP contribution is 2.17. The van der Waals surface area contributed by atoms with Gasteiger partial charge in [-0.25, -0.2) is 0 Å². The highest BCUT2D eigenvalue weighted by atomic mass is 16.2. The zero-order valence-corrected chi connectivity index (χ0v) is 7.18. The summed E-state index contributed by atoms with van der Waals surface area (Å²) < 4.78 is 0. The quantitative estimate of drug-likeness (QED) is 0.589. The molecule has 0 aliphatic heterocycles. The monoisotopic (exact) mass is 157 g/mol. The zero-order valence-electron chi connectivity index (χ0n) is 7.18. The molecule has 0 aromatic carbocycles. The molecule has 0 aromatic rings. The predicted molar refractivity (Wildman–Crippen MR) is 46.6 cm³/mol. The molecule has 1 aliphatic rings. The van der Waals surface area contributed by atoms with Crippen molar-refractivity contribution in [1.29, 1.82) is 0 Å². The maximum atomic E-state index is 8.53. The molecule has 0 amide bonds. The van der Waals surface area contributed by atoms with Gasteiger partial charge in [0.25, 0.3) is 0 Å². The van der Waals surface area contributed by atoms with Crippen molar-refractivity contribution in [2.24, 2.45) is 0 Å². The lowest BCUT2D eigenvalue weighted by Gasteiger charge is -2.10. The lowest BCUT2D eigenvalue weighted by atomic mass is 10.2. The van der Waals surface area contributed by atoms with Gasteiger partial charge in [-0.2, -0.15) is 0 Å². The van der Waals surface area contributed by atoms with Crippen LogP contribution < -0.4 is 5.32 Å². The molecule has 2 heteroatoms. The van der Waals surface area contributed by atoms with Crippen LogP contribution >= 0.6 is 0 Å². The van der Waals surface area contributed by atoms with Crippen molar-refractivity contribution in [2.75, 3.05) is 13.2 Å². The fourth-order valence-corrected chi connectivity index (χ4v) is 1.67. The van der Waals surface area contributed by atoms with Crippen molar-refractivity contribution in [2.45, 2.75) is 44.6 Å². The maximum absolute atomic E-state index is 8.53. The number of rotatable bonds is 5. The molecule has 1 fully saturated rings. The molecule has 2 N–H and O–H groups in total. The van der Waals surface area contributed by atoms with E-state index in [9.17, 15) is 0 Å². The summed E-state index contributed by atoms with van der Waals surface area (Å²) in [6, 6.07) is 0.786. The summed E-state index contributed by atoms with van der Waals surface area (Å²) in [6.07, 6.45) is 7.58. The number of hydrogen-bond acceptors (Lipinski definition) is 2. The Morgan fingerprint density at radius 3 is 2.55 bits per heavy atom. The van der Waals surface area contributed by atoms with Gasteiger partial charge in [-0.15, -0.1) is 0 Å². The van der Waals surface area contributed by atoms with Crippen LogP contribution in [0.1, 0.15) is 38.5 Å². The van der Waals surface area contributed by atoms with Crippen LogP contribution in [0.15, 0.2) is 0 Å². The molecule has 0 atom stereocenters. The molecule has 1 rings (SSSR count). The number of nitrogens with one attached hydrogen (secondary N) is 1. The normalized spacial score (nSPS) is 19.4. The average molecular weight is 157 g/mol. The van der Waals surface area contributed by atoms with Crippen LogP contribution in [-0.4, -0.2) is 24.3 Å². The van der Waals surface area contributed by atoms with Gasteiger partial charge >= 0.3 is 0 Å². The third kappa shape index (κ3) is 3.73. The first-order valence-electron chi connectivity index (χ1n) is 4.77. The van der Waals surface area contributed by atoms with Crippen LogP contribution in [0.5, 0.6) is 0 Å². The minimum atomic E-state index is 0.340.